The molecule has 0 N–H and O–H groups in total. The predicted molar refractivity (Wildman–Crippen MR) is 202 cm³/mol. The summed E-state index contributed by atoms with van der Waals surface area (Å²) in [6, 6.07) is 38.3. The van der Waals surface area contributed by atoms with Gasteiger partial charge in [0, 0.05) is 7.26 Å². The summed E-state index contributed by atoms with van der Waals surface area (Å²) in [4.78, 5) is 0. The van der Waals surface area contributed by atoms with E-state index in [1.54, 1.807) is 0 Å². The molecule has 0 atom stereocenters. The lowest BCUT2D eigenvalue weighted by atomic mass is 9.87. The minimum atomic E-state index is -1.61. The fourth-order valence-corrected chi connectivity index (χ4v) is 10.9. The van der Waals surface area contributed by atoms with Gasteiger partial charge in [-0.1, -0.05) is 180 Å². The molecular formula is C44H60BrP. The summed E-state index contributed by atoms with van der Waals surface area (Å²) >= 11 is 0. The Morgan fingerprint density at radius 2 is 0.457 bits per heavy atom. The molecule has 0 unspecified atom stereocenters. The minimum absolute atomic E-state index is 0. The monoisotopic (exact) mass is 698 g/mol. The molecule has 0 fully saturated rings. The Labute approximate surface area is 293 Å². The van der Waals surface area contributed by atoms with Crippen LogP contribution >= 0.6 is 7.26 Å². The van der Waals surface area contributed by atoms with Crippen LogP contribution in [-0.4, -0.2) is 0 Å². The number of halogens is 1. The van der Waals surface area contributed by atoms with Gasteiger partial charge in [0.1, 0.15) is 0 Å². The quantitative estimate of drug-likeness (QED) is 0.161. The molecule has 0 spiro atoms. The van der Waals surface area contributed by atoms with Gasteiger partial charge >= 0.3 is 0 Å². The highest BCUT2D eigenvalue weighted by molar-refractivity contribution is 7.72. The van der Waals surface area contributed by atoms with Gasteiger partial charge in [0.15, 0.2) is 0 Å². The van der Waals surface area contributed by atoms with Gasteiger partial charge in [-0.3, -0.25) is 0 Å². The Bertz CT molecular complexity index is 1270. The standard InChI is InChI=1S/C44H60P.BrH/c1-41(2,3)37-21-13-33(14-22-37)29-45(30-34-15-23-38(24-16-34)42(4,5)6,31-35-17-25-39(26-18-35)43(7,8)9)32-36-19-27-40(28-20-36)44(10,11)12;/h13-28H,29-32H2,1-12H3;1H/q+1;/p-1. The molecule has 0 aromatic heterocycles. The Balaban J connectivity index is 0.00000576. The predicted octanol–water partition coefficient (Wildman–Crippen LogP) is 10.00. The number of hydrogen-bond donors (Lipinski definition) is 0. The zero-order valence-corrected chi connectivity index (χ0v) is 33.4. The van der Waals surface area contributed by atoms with Gasteiger partial charge in [0.25, 0.3) is 0 Å². The second-order valence-corrected chi connectivity index (χ2v) is 21.7. The van der Waals surface area contributed by atoms with Crippen LogP contribution in [0.15, 0.2) is 97.1 Å². The Morgan fingerprint density at radius 1 is 0.304 bits per heavy atom. The third-order valence-corrected chi connectivity index (χ3v) is 13.5. The molecule has 4 aromatic carbocycles. The van der Waals surface area contributed by atoms with Crippen LogP contribution in [0.5, 0.6) is 0 Å². The third-order valence-electron chi connectivity index (χ3n) is 9.35. The first kappa shape index (κ1) is 38.2. The van der Waals surface area contributed by atoms with Gasteiger partial charge < -0.3 is 17.0 Å². The minimum Gasteiger partial charge on any atom is -1.00 e. The summed E-state index contributed by atoms with van der Waals surface area (Å²) in [5.74, 6) is 0. The van der Waals surface area contributed by atoms with Crippen molar-refractivity contribution in [3.63, 3.8) is 0 Å². The van der Waals surface area contributed by atoms with Crippen molar-refractivity contribution in [3.05, 3.63) is 142 Å². The van der Waals surface area contributed by atoms with Crippen molar-refractivity contribution in [2.45, 2.75) is 129 Å². The van der Waals surface area contributed by atoms with E-state index in [1.165, 1.54) is 44.5 Å². The molecule has 0 nitrogen and oxygen atoms in total. The summed E-state index contributed by atoms with van der Waals surface area (Å²) in [5, 5.41) is 0. The summed E-state index contributed by atoms with van der Waals surface area (Å²) in [7, 11) is -1.61. The summed E-state index contributed by atoms with van der Waals surface area (Å²) in [6.07, 6.45) is 4.56. The maximum atomic E-state index is 2.42. The van der Waals surface area contributed by atoms with Crippen LogP contribution in [0.3, 0.4) is 0 Å². The van der Waals surface area contributed by atoms with E-state index < -0.39 is 7.26 Å². The van der Waals surface area contributed by atoms with E-state index in [0.717, 1.165) is 24.6 Å². The maximum Gasteiger partial charge on any atom is 0.0852 e. The van der Waals surface area contributed by atoms with Crippen molar-refractivity contribution < 1.29 is 17.0 Å². The van der Waals surface area contributed by atoms with Crippen LogP contribution in [0.4, 0.5) is 0 Å². The molecule has 0 heterocycles. The van der Waals surface area contributed by atoms with Crippen molar-refractivity contribution in [1.29, 1.82) is 0 Å². The second-order valence-electron chi connectivity index (χ2n) is 17.8. The SMILES string of the molecule is CC(C)(C)c1ccc(C[P+](Cc2ccc(C(C)(C)C)cc2)(Cc2ccc(C(C)(C)C)cc2)Cc2ccc(C(C)(C)C)cc2)cc1.[Br-]. The fraction of sp³-hybridized carbons (Fsp3) is 0.455. The average Bonchev–Trinajstić information content (AvgIpc) is 2.92. The van der Waals surface area contributed by atoms with Crippen LogP contribution < -0.4 is 17.0 Å². The van der Waals surface area contributed by atoms with Gasteiger partial charge in [0.2, 0.25) is 0 Å². The van der Waals surface area contributed by atoms with E-state index in [1.807, 2.05) is 0 Å². The fourth-order valence-electron chi connectivity index (χ4n) is 6.33. The average molecular weight is 700 g/mol. The molecule has 0 bridgehead atoms. The smallest absolute Gasteiger partial charge is 0.0852 e. The van der Waals surface area contributed by atoms with Crippen molar-refractivity contribution in [3.8, 4) is 0 Å². The molecule has 46 heavy (non-hydrogen) atoms. The molecular weight excluding hydrogens is 639 g/mol. The van der Waals surface area contributed by atoms with E-state index in [0.29, 0.717) is 0 Å². The van der Waals surface area contributed by atoms with Gasteiger partial charge in [-0.2, -0.15) is 0 Å². The molecule has 0 aliphatic carbocycles. The summed E-state index contributed by atoms with van der Waals surface area (Å²) in [6.45, 7) is 27.7. The zero-order valence-electron chi connectivity index (χ0n) is 30.9. The Kier molecular flexibility index (Phi) is 12.1. The molecule has 2 heteroatoms. The van der Waals surface area contributed by atoms with E-state index in [9.17, 15) is 0 Å². The van der Waals surface area contributed by atoms with Crippen molar-refractivity contribution in [2.75, 3.05) is 0 Å². The van der Waals surface area contributed by atoms with Crippen LogP contribution in [-0.2, 0) is 46.3 Å². The van der Waals surface area contributed by atoms with Crippen molar-refractivity contribution >= 4 is 7.26 Å². The molecule has 0 radical (unpaired) electrons. The topological polar surface area (TPSA) is 0 Å². The van der Waals surface area contributed by atoms with E-state index in [-0.39, 0.29) is 38.6 Å². The molecule has 248 valence electrons. The first-order valence-corrected chi connectivity index (χ1v) is 19.5. The molecule has 0 amide bonds. The molecule has 0 saturated carbocycles. The van der Waals surface area contributed by atoms with Gasteiger partial charge in [-0.15, -0.1) is 0 Å². The van der Waals surface area contributed by atoms with Crippen molar-refractivity contribution in [2.24, 2.45) is 0 Å². The van der Waals surface area contributed by atoms with Crippen molar-refractivity contribution in [1.82, 2.24) is 0 Å². The molecule has 4 rings (SSSR count). The van der Waals surface area contributed by atoms with E-state index in [4.69, 9.17) is 0 Å². The number of rotatable bonds is 8. The highest BCUT2D eigenvalue weighted by Crippen LogP contribution is 2.68. The Morgan fingerprint density at radius 3 is 0.587 bits per heavy atom. The third kappa shape index (κ3) is 10.4. The molecule has 0 aliphatic rings. The lowest BCUT2D eigenvalue weighted by Crippen LogP contribution is -3.00. The van der Waals surface area contributed by atoms with E-state index in [2.05, 4.69) is 180 Å². The first-order chi connectivity index (χ1) is 20.7. The van der Waals surface area contributed by atoms with Gasteiger partial charge in [-0.05, 0) is 66.2 Å². The molecule has 0 aliphatic heterocycles. The lowest BCUT2D eigenvalue weighted by molar-refractivity contribution is -0.0000113. The van der Waals surface area contributed by atoms with Crippen LogP contribution in [0.2, 0.25) is 0 Å². The lowest BCUT2D eigenvalue weighted by Gasteiger charge is -2.30. The van der Waals surface area contributed by atoms with Gasteiger partial charge in [-0.25, -0.2) is 0 Å². The molecule has 4 aromatic rings. The van der Waals surface area contributed by atoms with Crippen LogP contribution in [0.25, 0.3) is 0 Å². The second kappa shape index (κ2) is 14.5. The van der Waals surface area contributed by atoms with E-state index >= 15 is 0 Å². The normalized spacial score (nSPS) is 13.0. The summed E-state index contributed by atoms with van der Waals surface area (Å²) < 4.78 is 0. The number of benzene rings is 4. The Hall–Kier alpha value is -2.21. The number of hydrogen-bond acceptors (Lipinski definition) is 0. The van der Waals surface area contributed by atoms with Gasteiger partial charge in [0.05, 0.1) is 24.6 Å². The maximum absolute atomic E-state index is 2.42. The summed E-state index contributed by atoms with van der Waals surface area (Å²) in [5.41, 5.74) is 12.1. The first-order valence-electron chi connectivity index (χ1n) is 17.0. The van der Waals surface area contributed by atoms with Crippen LogP contribution in [0.1, 0.15) is 128 Å². The molecule has 0 saturated heterocycles. The highest BCUT2D eigenvalue weighted by atomic mass is 79.9. The zero-order chi connectivity index (χ0) is 33.3. The van der Waals surface area contributed by atoms with Crippen LogP contribution in [0, 0.1) is 0 Å². The largest absolute Gasteiger partial charge is 1.00 e. The highest BCUT2D eigenvalue weighted by Gasteiger charge is 2.39.